The van der Waals surface area contributed by atoms with E-state index in [0.717, 1.165) is 6.92 Å². The molecule has 0 aliphatic heterocycles. The van der Waals surface area contributed by atoms with Crippen molar-refractivity contribution < 1.29 is 27.8 Å². The van der Waals surface area contributed by atoms with Crippen molar-refractivity contribution in [2.75, 3.05) is 6.61 Å². The lowest BCUT2D eigenvalue weighted by Crippen LogP contribution is -2.39. The van der Waals surface area contributed by atoms with Crippen molar-refractivity contribution >= 4 is 5.97 Å². The van der Waals surface area contributed by atoms with Crippen molar-refractivity contribution in [3.05, 3.63) is 0 Å². The van der Waals surface area contributed by atoms with Gasteiger partial charge in [0, 0.05) is 0 Å². The van der Waals surface area contributed by atoms with Crippen LogP contribution in [0.5, 0.6) is 0 Å². The molecule has 0 aromatic rings. The van der Waals surface area contributed by atoms with Gasteiger partial charge in [0.05, 0.1) is 12.5 Å². The fraction of sp³-hybridized carbons (Fsp3) is 0.857. The molecule has 0 aromatic heterocycles. The van der Waals surface area contributed by atoms with Crippen LogP contribution >= 0.6 is 0 Å². The van der Waals surface area contributed by atoms with E-state index in [0.29, 0.717) is 0 Å². The van der Waals surface area contributed by atoms with Crippen molar-refractivity contribution in [2.45, 2.75) is 26.1 Å². The molecule has 6 heteroatoms. The number of halogens is 3. The van der Waals surface area contributed by atoms with Crippen molar-refractivity contribution in [2.24, 2.45) is 5.92 Å². The summed E-state index contributed by atoms with van der Waals surface area (Å²) in [5.74, 6) is -2.63. The van der Waals surface area contributed by atoms with Gasteiger partial charge in [-0.3, -0.25) is 4.79 Å². The molecule has 13 heavy (non-hydrogen) atoms. The quantitative estimate of drug-likeness (QED) is 0.694. The predicted octanol–water partition coefficient (Wildman–Crippen LogP) is 1.11. The minimum Gasteiger partial charge on any atom is -0.466 e. The molecule has 1 N–H and O–H groups in total. The molecule has 0 rings (SSSR count). The van der Waals surface area contributed by atoms with Gasteiger partial charge < -0.3 is 9.84 Å². The van der Waals surface area contributed by atoms with Gasteiger partial charge in [0.2, 0.25) is 0 Å². The number of alkyl halides is 3. The first kappa shape index (κ1) is 12.2. The van der Waals surface area contributed by atoms with E-state index in [9.17, 15) is 18.0 Å². The minimum atomic E-state index is -4.79. The summed E-state index contributed by atoms with van der Waals surface area (Å²) in [7, 11) is 0. The standard InChI is InChI=1S/C7H11F3O3/c1-3-13-6(12)4(2)5(11)7(8,9)10/h4-5,11H,3H2,1-2H3/t4-,5-/m1/s1. The molecule has 3 nitrogen and oxygen atoms in total. The Morgan fingerprint density at radius 1 is 1.54 bits per heavy atom. The highest BCUT2D eigenvalue weighted by Crippen LogP contribution is 2.25. The highest BCUT2D eigenvalue weighted by molar-refractivity contribution is 5.72. The molecule has 0 unspecified atom stereocenters. The zero-order chi connectivity index (χ0) is 10.6. The summed E-state index contributed by atoms with van der Waals surface area (Å²) in [6, 6.07) is 0. The second kappa shape index (κ2) is 4.45. The number of carbonyl (C=O) groups excluding carboxylic acids is 1. The maximum absolute atomic E-state index is 11.8. The molecular formula is C7H11F3O3. The van der Waals surface area contributed by atoms with Crippen LogP contribution in [-0.4, -0.2) is 30.0 Å². The third-order valence-corrected chi connectivity index (χ3v) is 1.47. The van der Waals surface area contributed by atoms with Gasteiger partial charge in [0.1, 0.15) is 0 Å². The van der Waals surface area contributed by atoms with Crippen molar-refractivity contribution in [3.63, 3.8) is 0 Å². The first-order chi connectivity index (χ1) is 5.80. The summed E-state index contributed by atoms with van der Waals surface area (Å²) in [5.41, 5.74) is 0. The summed E-state index contributed by atoms with van der Waals surface area (Å²) >= 11 is 0. The smallest absolute Gasteiger partial charge is 0.415 e. The number of rotatable bonds is 3. The SMILES string of the molecule is CCOC(=O)[C@H](C)[C@@H](O)C(F)(F)F. The van der Waals surface area contributed by atoms with Crippen LogP contribution in [-0.2, 0) is 9.53 Å². The normalized spacial score (nSPS) is 16.5. The van der Waals surface area contributed by atoms with Gasteiger partial charge in [0.25, 0.3) is 0 Å². The Kier molecular flexibility index (Phi) is 4.19. The Bertz CT molecular complexity index is 178. The van der Waals surface area contributed by atoms with Crippen LogP contribution in [0.15, 0.2) is 0 Å². The van der Waals surface area contributed by atoms with E-state index in [1.165, 1.54) is 6.92 Å². The van der Waals surface area contributed by atoms with E-state index in [4.69, 9.17) is 5.11 Å². The number of carbonyl (C=O) groups is 1. The first-order valence-corrected chi connectivity index (χ1v) is 3.72. The van der Waals surface area contributed by atoms with Crippen LogP contribution in [0.25, 0.3) is 0 Å². The molecule has 0 fully saturated rings. The van der Waals surface area contributed by atoms with Crippen molar-refractivity contribution in [1.82, 2.24) is 0 Å². The second-order valence-electron chi connectivity index (χ2n) is 2.53. The monoisotopic (exact) mass is 200 g/mol. The molecule has 0 radical (unpaired) electrons. The molecular weight excluding hydrogens is 189 g/mol. The predicted molar refractivity (Wildman–Crippen MR) is 37.9 cm³/mol. The highest BCUT2D eigenvalue weighted by Gasteiger charge is 2.44. The minimum absolute atomic E-state index is 0.00620. The van der Waals surface area contributed by atoms with E-state index >= 15 is 0 Å². The Hall–Kier alpha value is -0.780. The summed E-state index contributed by atoms with van der Waals surface area (Å²) in [6.45, 7) is 2.44. The lowest BCUT2D eigenvalue weighted by atomic mass is 10.1. The van der Waals surface area contributed by atoms with E-state index in [-0.39, 0.29) is 6.61 Å². The van der Waals surface area contributed by atoms with E-state index in [2.05, 4.69) is 4.74 Å². The molecule has 0 saturated heterocycles. The van der Waals surface area contributed by atoms with Crippen LogP contribution in [0.4, 0.5) is 13.2 Å². The van der Waals surface area contributed by atoms with E-state index in [1.54, 1.807) is 0 Å². The molecule has 0 amide bonds. The summed E-state index contributed by atoms with van der Waals surface area (Å²) < 4.78 is 39.8. The maximum Gasteiger partial charge on any atom is 0.415 e. The van der Waals surface area contributed by atoms with Gasteiger partial charge in [-0.15, -0.1) is 0 Å². The van der Waals surface area contributed by atoms with Gasteiger partial charge in [-0.25, -0.2) is 0 Å². The first-order valence-electron chi connectivity index (χ1n) is 3.72. The lowest BCUT2D eigenvalue weighted by molar-refractivity contribution is -0.222. The van der Waals surface area contributed by atoms with Crippen LogP contribution in [0, 0.1) is 5.92 Å². The fourth-order valence-electron chi connectivity index (χ4n) is 0.686. The Labute approximate surface area is 73.5 Å². The van der Waals surface area contributed by atoms with Gasteiger partial charge >= 0.3 is 12.1 Å². The van der Waals surface area contributed by atoms with Gasteiger partial charge in [-0.05, 0) is 13.8 Å². The van der Waals surface area contributed by atoms with Crippen LogP contribution in [0.1, 0.15) is 13.8 Å². The molecule has 78 valence electrons. The van der Waals surface area contributed by atoms with Gasteiger partial charge in [-0.1, -0.05) is 0 Å². The van der Waals surface area contributed by atoms with Crippen molar-refractivity contribution in [3.8, 4) is 0 Å². The third kappa shape index (κ3) is 3.63. The summed E-state index contributed by atoms with van der Waals surface area (Å²) in [5, 5.41) is 8.63. The number of aliphatic hydroxyl groups excluding tert-OH is 1. The number of esters is 1. The molecule has 0 aliphatic rings. The largest absolute Gasteiger partial charge is 0.466 e. The number of ether oxygens (including phenoxy) is 1. The Morgan fingerprint density at radius 2 is 2.00 bits per heavy atom. The van der Waals surface area contributed by atoms with Crippen LogP contribution < -0.4 is 0 Å². The highest BCUT2D eigenvalue weighted by atomic mass is 19.4. The molecule has 2 atom stereocenters. The van der Waals surface area contributed by atoms with Gasteiger partial charge in [-0.2, -0.15) is 13.2 Å². The van der Waals surface area contributed by atoms with Crippen molar-refractivity contribution in [1.29, 1.82) is 0 Å². The fourth-order valence-corrected chi connectivity index (χ4v) is 0.686. The molecule has 0 saturated carbocycles. The Balaban J connectivity index is 4.25. The topological polar surface area (TPSA) is 46.5 Å². The lowest BCUT2D eigenvalue weighted by Gasteiger charge is -2.19. The van der Waals surface area contributed by atoms with Crippen LogP contribution in [0.2, 0.25) is 0 Å². The van der Waals surface area contributed by atoms with Gasteiger partial charge in [0.15, 0.2) is 6.10 Å². The molecule has 0 aromatic carbocycles. The number of aliphatic hydroxyl groups is 1. The summed E-state index contributed by atoms with van der Waals surface area (Å²) in [6.07, 6.45) is -7.45. The maximum atomic E-state index is 11.8. The number of hydrogen-bond donors (Lipinski definition) is 1. The van der Waals surface area contributed by atoms with Crippen LogP contribution in [0.3, 0.4) is 0 Å². The van der Waals surface area contributed by atoms with E-state index in [1.807, 2.05) is 0 Å². The zero-order valence-electron chi connectivity index (χ0n) is 7.26. The molecule has 0 aliphatic carbocycles. The zero-order valence-corrected chi connectivity index (χ0v) is 7.26. The molecule has 0 bridgehead atoms. The molecule has 0 heterocycles. The third-order valence-electron chi connectivity index (χ3n) is 1.47. The second-order valence-corrected chi connectivity index (χ2v) is 2.53. The average molecular weight is 200 g/mol. The molecule has 0 spiro atoms. The summed E-state index contributed by atoms with van der Waals surface area (Å²) in [4.78, 5) is 10.7. The van der Waals surface area contributed by atoms with E-state index < -0.39 is 24.2 Å². The number of hydrogen-bond acceptors (Lipinski definition) is 3. The average Bonchev–Trinajstić information content (AvgIpc) is 2.00. The Morgan fingerprint density at radius 3 is 2.31 bits per heavy atom.